The first-order valence-corrected chi connectivity index (χ1v) is 11.8. The van der Waals surface area contributed by atoms with E-state index in [1.807, 2.05) is 66.4 Å². The topological polar surface area (TPSA) is 108 Å². The van der Waals surface area contributed by atoms with Crippen LogP contribution in [0.4, 0.5) is 11.8 Å². The third-order valence-electron chi connectivity index (χ3n) is 6.25. The van der Waals surface area contributed by atoms with Gasteiger partial charge in [-0.2, -0.15) is 4.98 Å². The van der Waals surface area contributed by atoms with Gasteiger partial charge in [-0.3, -0.25) is 4.79 Å². The van der Waals surface area contributed by atoms with Gasteiger partial charge in [0.2, 0.25) is 5.95 Å². The van der Waals surface area contributed by atoms with Crippen LogP contribution in [-0.4, -0.2) is 52.5 Å². The van der Waals surface area contributed by atoms with Crippen LogP contribution >= 0.6 is 0 Å². The summed E-state index contributed by atoms with van der Waals surface area (Å²) in [5.74, 6) is 1.36. The second kappa shape index (κ2) is 9.61. The molecule has 0 spiro atoms. The van der Waals surface area contributed by atoms with Gasteiger partial charge in [-0.05, 0) is 44.0 Å². The first-order chi connectivity index (χ1) is 17.1. The molecule has 1 saturated heterocycles. The number of aromatic nitrogens is 4. The average molecular weight is 473 g/mol. The summed E-state index contributed by atoms with van der Waals surface area (Å²) >= 11 is 0. The summed E-state index contributed by atoms with van der Waals surface area (Å²) in [6.45, 7) is 3.46. The predicted molar refractivity (Wildman–Crippen MR) is 135 cm³/mol. The van der Waals surface area contributed by atoms with Crippen LogP contribution in [0.15, 0.2) is 54.6 Å². The molecule has 5 rings (SSSR count). The summed E-state index contributed by atoms with van der Waals surface area (Å²) in [4.78, 5) is 24.2. The number of anilines is 2. The van der Waals surface area contributed by atoms with Gasteiger partial charge in [0.05, 0.1) is 36.4 Å². The number of rotatable bonds is 6. The molecule has 4 aromatic rings. The fraction of sp³-hybridized carbons (Fsp3) is 0.308. The Balaban J connectivity index is 1.61. The number of carbonyl (C=O) groups is 1. The number of esters is 1. The molecule has 1 aliphatic heterocycles. The standard InChI is InChI=1S/C26H28N6O3/c1-3-35-25(33)18-10-7-15-31(16-18)26-28-22(17-8-5-4-6-9-17)21-23(27)32(30-24(21)29-26)19-11-13-20(34-2)14-12-19/h4-6,8-9,11-14,18H,3,7,10,15-16,27H2,1-2H3/t18-/m0/s1. The van der Waals surface area contributed by atoms with E-state index in [1.165, 1.54) is 0 Å². The molecular weight excluding hydrogens is 444 g/mol. The molecular formula is C26H28N6O3. The molecule has 0 amide bonds. The zero-order valence-corrected chi connectivity index (χ0v) is 19.8. The smallest absolute Gasteiger partial charge is 0.310 e. The molecule has 0 bridgehead atoms. The van der Waals surface area contributed by atoms with E-state index < -0.39 is 0 Å². The summed E-state index contributed by atoms with van der Waals surface area (Å²) in [5, 5.41) is 5.43. The molecule has 2 aromatic carbocycles. The highest BCUT2D eigenvalue weighted by molar-refractivity contribution is 5.99. The number of benzene rings is 2. The maximum atomic E-state index is 12.4. The molecule has 0 unspecified atom stereocenters. The Bertz CT molecular complexity index is 1340. The lowest BCUT2D eigenvalue weighted by atomic mass is 9.98. The monoisotopic (exact) mass is 472 g/mol. The third kappa shape index (κ3) is 4.37. The van der Waals surface area contributed by atoms with Crippen LogP contribution < -0.4 is 15.4 Å². The zero-order valence-electron chi connectivity index (χ0n) is 19.8. The van der Waals surface area contributed by atoms with E-state index in [9.17, 15) is 4.79 Å². The summed E-state index contributed by atoms with van der Waals surface area (Å²) in [6.07, 6.45) is 1.65. The van der Waals surface area contributed by atoms with E-state index in [4.69, 9.17) is 30.3 Å². The molecule has 3 heterocycles. The number of hydrogen-bond acceptors (Lipinski definition) is 8. The number of fused-ring (bicyclic) bond motifs is 1. The molecule has 180 valence electrons. The third-order valence-corrected chi connectivity index (χ3v) is 6.25. The largest absolute Gasteiger partial charge is 0.497 e. The zero-order chi connectivity index (χ0) is 24.4. The minimum Gasteiger partial charge on any atom is -0.497 e. The molecule has 9 nitrogen and oxygen atoms in total. The summed E-state index contributed by atoms with van der Waals surface area (Å²) in [6, 6.07) is 17.4. The maximum absolute atomic E-state index is 12.4. The van der Waals surface area contributed by atoms with Crippen molar-refractivity contribution in [3.8, 4) is 22.7 Å². The molecule has 1 aliphatic rings. The SMILES string of the molecule is CCOC(=O)[C@H]1CCCN(c2nc(-c3ccccc3)c3c(N)n(-c4ccc(OC)cc4)nc3n2)C1. The number of nitrogens with zero attached hydrogens (tertiary/aromatic N) is 5. The van der Waals surface area contributed by atoms with Gasteiger partial charge >= 0.3 is 5.97 Å². The van der Waals surface area contributed by atoms with E-state index in [2.05, 4.69) is 0 Å². The lowest BCUT2D eigenvalue weighted by Gasteiger charge is -2.31. The van der Waals surface area contributed by atoms with E-state index in [-0.39, 0.29) is 11.9 Å². The molecule has 2 N–H and O–H groups in total. The van der Waals surface area contributed by atoms with Crippen molar-refractivity contribution in [2.75, 3.05) is 37.4 Å². The van der Waals surface area contributed by atoms with E-state index in [0.717, 1.165) is 36.4 Å². The number of methoxy groups -OCH3 is 1. The summed E-state index contributed by atoms with van der Waals surface area (Å²) in [5.41, 5.74) is 9.54. The Morgan fingerprint density at radius 3 is 2.60 bits per heavy atom. The van der Waals surface area contributed by atoms with Crippen molar-refractivity contribution in [1.82, 2.24) is 19.7 Å². The normalized spacial score (nSPS) is 15.8. The molecule has 1 fully saturated rings. The minimum absolute atomic E-state index is 0.172. The van der Waals surface area contributed by atoms with Crippen LogP contribution in [0.25, 0.3) is 28.0 Å². The first-order valence-electron chi connectivity index (χ1n) is 11.8. The van der Waals surface area contributed by atoms with Gasteiger partial charge in [-0.25, -0.2) is 9.67 Å². The Morgan fingerprint density at radius 2 is 1.89 bits per heavy atom. The molecule has 0 radical (unpaired) electrons. The molecule has 9 heteroatoms. The van der Waals surface area contributed by atoms with E-state index in [1.54, 1.807) is 11.8 Å². The van der Waals surface area contributed by atoms with Gasteiger partial charge in [-0.15, -0.1) is 5.10 Å². The van der Waals surface area contributed by atoms with Crippen LogP contribution in [0.2, 0.25) is 0 Å². The first kappa shape index (κ1) is 22.6. The highest BCUT2D eigenvalue weighted by Crippen LogP contribution is 2.34. The number of hydrogen-bond donors (Lipinski definition) is 1. The summed E-state index contributed by atoms with van der Waals surface area (Å²) < 4.78 is 12.2. The molecule has 1 atom stereocenters. The van der Waals surface area contributed by atoms with Crippen molar-refractivity contribution in [2.45, 2.75) is 19.8 Å². The number of nitrogen functional groups attached to an aromatic ring is 1. The fourth-order valence-corrected chi connectivity index (χ4v) is 4.48. The lowest BCUT2D eigenvalue weighted by molar-refractivity contribution is -0.148. The number of nitrogens with two attached hydrogens (primary N) is 1. The highest BCUT2D eigenvalue weighted by atomic mass is 16.5. The van der Waals surface area contributed by atoms with Crippen molar-refractivity contribution >= 4 is 28.8 Å². The van der Waals surface area contributed by atoms with Crippen molar-refractivity contribution < 1.29 is 14.3 Å². The Morgan fingerprint density at radius 1 is 1.11 bits per heavy atom. The van der Waals surface area contributed by atoms with E-state index in [0.29, 0.717) is 41.6 Å². The van der Waals surface area contributed by atoms with Crippen molar-refractivity contribution in [3.05, 3.63) is 54.6 Å². The van der Waals surface area contributed by atoms with Crippen LogP contribution in [0.3, 0.4) is 0 Å². The Hall–Kier alpha value is -4.14. The van der Waals surface area contributed by atoms with Crippen molar-refractivity contribution in [2.24, 2.45) is 5.92 Å². The maximum Gasteiger partial charge on any atom is 0.310 e. The molecule has 0 aliphatic carbocycles. The number of ether oxygens (including phenoxy) is 2. The number of carbonyl (C=O) groups excluding carboxylic acids is 1. The van der Waals surface area contributed by atoms with Crippen LogP contribution in [-0.2, 0) is 9.53 Å². The Kier molecular flexibility index (Phi) is 6.22. The predicted octanol–water partition coefficient (Wildman–Crippen LogP) is 3.85. The number of piperidine rings is 1. The van der Waals surface area contributed by atoms with Crippen LogP contribution in [0.5, 0.6) is 5.75 Å². The highest BCUT2D eigenvalue weighted by Gasteiger charge is 2.29. The van der Waals surface area contributed by atoms with Crippen LogP contribution in [0, 0.1) is 5.92 Å². The fourth-order valence-electron chi connectivity index (χ4n) is 4.48. The second-order valence-corrected chi connectivity index (χ2v) is 8.47. The lowest BCUT2D eigenvalue weighted by Crippen LogP contribution is -2.40. The van der Waals surface area contributed by atoms with Crippen molar-refractivity contribution in [1.29, 1.82) is 0 Å². The quantitative estimate of drug-likeness (QED) is 0.422. The van der Waals surface area contributed by atoms with Gasteiger partial charge in [0.1, 0.15) is 11.6 Å². The van der Waals surface area contributed by atoms with Gasteiger partial charge in [0.15, 0.2) is 5.65 Å². The van der Waals surface area contributed by atoms with Gasteiger partial charge in [0, 0.05) is 18.7 Å². The van der Waals surface area contributed by atoms with Crippen LogP contribution in [0.1, 0.15) is 19.8 Å². The molecule has 2 aromatic heterocycles. The second-order valence-electron chi connectivity index (χ2n) is 8.47. The summed E-state index contributed by atoms with van der Waals surface area (Å²) in [7, 11) is 1.63. The minimum atomic E-state index is -0.204. The molecule has 35 heavy (non-hydrogen) atoms. The van der Waals surface area contributed by atoms with Gasteiger partial charge < -0.3 is 20.1 Å². The van der Waals surface area contributed by atoms with Gasteiger partial charge in [0.25, 0.3) is 0 Å². The average Bonchev–Trinajstić information content (AvgIpc) is 3.25. The van der Waals surface area contributed by atoms with E-state index >= 15 is 0 Å². The van der Waals surface area contributed by atoms with Gasteiger partial charge in [-0.1, -0.05) is 30.3 Å². The Labute approximate surface area is 203 Å². The molecule has 0 saturated carbocycles. The van der Waals surface area contributed by atoms with Crippen molar-refractivity contribution in [3.63, 3.8) is 0 Å².